The van der Waals surface area contributed by atoms with Crippen LogP contribution in [0.3, 0.4) is 0 Å². The van der Waals surface area contributed by atoms with Gasteiger partial charge in [-0.15, -0.1) is 0 Å². The van der Waals surface area contributed by atoms with Gasteiger partial charge in [-0.25, -0.2) is 4.79 Å². The van der Waals surface area contributed by atoms with Gasteiger partial charge in [-0.1, -0.05) is 12.1 Å². The van der Waals surface area contributed by atoms with Crippen molar-refractivity contribution in [1.29, 1.82) is 5.26 Å². The summed E-state index contributed by atoms with van der Waals surface area (Å²) in [6.07, 6.45) is 6.93. The maximum absolute atomic E-state index is 13.8. The maximum Gasteiger partial charge on any atom is 0.337 e. The minimum absolute atomic E-state index is 0.00998. The monoisotopic (exact) mass is 597 g/mol. The van der Waals surface area contributed by atoms with Crippen molar-refractivity contribution < 1.29 is 28.3 Å². The molecule has 2 amide bonds. The molecule has 11 nitrogen and oxygen atoms in total. The van der Waals surface area contributed by atoms with Gasteiger partial charge < -0.3 is 29.6 Å². The summed E-state index contributed by atoms with van der Waals surface area (Å²) in [5, 5.41) is 16.8. The fourth-order valence-electron chi connectivity index (χ4n) is 5.77. The number of esters is 1. The Morgan fingerprint density at radius 3 is 2.57 bits per heavy atom. The first-order valence-electron chi connectivity index (χ1n) is 14.7. The van der Waals surface area contributed by atoms with Crippen molar-refractivity contribution in [2.75, 3.05) is 38.6 Å². The first kappa shape index (κ1) is 30.4. The number of likely N-dealkylation sites (tertiary alicyclic amines) is 2. The summed E-state index contributed by atoms with van der Waals surface area (Å²) in [6, 6.07) is 10.9. The van der Waals surface area contributed by atoms with E-state index in [1.807, 2.05) is 19.1 Å². The van der Waals surface area contributed by atoms with Crippen molar-refractivity contribution >= 4 is 29.3 Å². The molecular formula is C33H35N5O6. The Hall–Kier alpha value is -5.11. The lowest BCUT2D eigenvalue weighted by Crippen LogP contribution is -2.49. The van der Waals surface area contributed by atoms with Crippen molar-refractivity contribution in [3.05, 3.63) is 77.0 Å². The van der Waals surface area contributed by atoms with Crippen LogP contribution >= 0.6 is 0 Å². The van der Waals surface area contributed by atoms with Crippen LogP contribution in [0, 0.1) is 18.3 Å². The molecule has 3 aliphatic heterocycles. The number of ether oxygens (including phenoxy) is 1. The topological polar surface area (TPSA) is 145 Å². The van der Waals surface area contributed by atoms with Crippen LogP contribution in [0.5, 0.6) is 0 Å². The molecular weight excluding hydrogens is 562 g/mol. The molecule has 44 heavy (non-hydrogen) atoms. The first-order chi connectivity index (χ1) is 21.3. The second kappa shape index (κ2) is 13.5. The first-order valence-corrected chi connectivity index (χ1v) is 14.7. The predicted molar refractivity (Wildman–Crippen MR) is 162 cm³/mol. The largest absolute Gasteiger partial charge is 0.472 e. The average molecular weight is 598 g/mol. The number of aryl methyl sites for hydroxylation is 1. The lowest BCUT2D eigenvalue weighted by molar-refractivity contribution is -0.140. The number of hydrogen-bond acceptors (Lipinski definition) is 9. The molecule has 2 fully saturated rings. The van der Waals surface area contributed by atoms with Crippen molar-refractivity contribution in [2.24, 2.45) is 0 Å². The lowest BCUT2D eigenvalue weighted by Gasteiger charge is -2.28. The summed E-state index contributed by atoms with van der Waals surface area (Å²) >= 11 is 0. The summed E-state index contributed by atoms with van der Waals surface area (Å²) in [4.78, 5) is 56.1. The van der Waals surface area contributed by atoms with E-state index < -0.39 is 17.8 Å². The average Bonchev–Trinajstić information content (AvgIpc) is 3.65. The Bertz CT molecular complexity index is 1610. The van der Waals surface area contributed by atoms with Gasteiger partial charge in [0.1, 0.15) is 23.5 Å². The number of carbonyl (C=O) groups excluding carboxylic acids is 4. The standard InChI is InChI=1S/C33H35N5O6/c1-21-16-24-20-44-15-11-25(24)29(21)36-31(26(18-34)30(40)22-8-7-9-23(17-22)33(42)43-2)35-27-10-3-4-14-38(32(27)41)19-28(39)37-12-5-6-13-37/h7-9,11,15-17,20,27,35-36H,3-6,10,12-14,19H2,1-2H3/t27-/m0/s1. The Balaban J connectivity index is 1.51. The summed E-state index contributed by atoms with van der Waals surface area (Å²) in [5.74, 6) is -1.54. The van der Waals surface area contributed by atoms with Gasteiger partial charge in [-0.3, -0.25) is 14.4 Å². The third kappa shape index (κ3) is 6.44. The molecule has 1 aliphatic carbocycles. The number of nitriles is 1. The number of anilines is 1. The Labute approximate surface area is 255 Å². The molecule has 5 rings (SSSR count). The summed E-state index contributed by atoms with van der Waals surface area (Å²) in [7, 11) is 1.24. The second-order valence-corrected chi connectivity index (χ2v) is 11.1. The fourth-order valence-corrected chi connectivity index (χ4v) is 5.77. The molecule has 1 aromatic rings. The third-order valence-electron chi connectivity index (χ3n) is 8.12. The zero-order valence-electron chi connectivity index (χ0n) is 24.9. The van der Waals surface area contributed by atoms with Crippen molar-refractivity contribution in [3.8, 4) is 17.2 Å². The van der Waals surface area contributed by atoms with E-state index >= 15 is 0 Å². The molecule has 4 aliphatic rings. The molecule has 228 valence electrons. The summed E-state index contributed by atoms with van der Waals surface area (Å²) in [6.45, 7) is 3.72. The van der Waals surface area contributed by atoms with Gasteiger partial charge in [0, 0.05) is 36.3 Å². The van der Waals surface area contributed by atoms with Crippen LogP contribution in [0.15, 0.2) is 64.7 Å². The molecule has 0 radical (unpaired) electrons. The van der Waals surface area contributed by atoms with E-state index in [1.165, 1.54) is 37.6 Å². The zero-order chi connectivity index (χ0) is 31.2. The van der Waals surface area contributed by atoms with Crippen LogP contribution in [0.1, 0.15) is 58.4 Å². The van der Waals surface area contributed by atoms with Crippen LogP contribution in [0.4, 0.5) is 5.69 Å². The van der Waals surface area contributed by atoms with E-state index in [-0.39, 0.29) is 40.9 Å². The number of rotatable bonds is 9. The van der Waals surface area contributed by atoms with E-state index in [4.69, 9.17) is 9.15 Å². The number of amides is 2. The van der Waals surface area contributed by atoms with E-state index in [1.54, 1.807) is 22.1 Å². The minimum Gasteiger partial charge on any atom is -0.472 e. The number of ketones is 1. The maximum atomic E-state index is 13.8. The SMILES string of the molecule is COC(=O)c1cccc(C(=O)C(C#N)=C(Nc2c(C)cc3coccc2-3)N[C@H]2CCCCN(CC(=O)N3CCCC3)C2=O)c1. The third-order valence-corrected chi connectivity index (χ3v) is 8.12. The molecule has 0 spiro atoms. The lowest BCUT2D eigenvalue weighted by atomic mass is 10.0. The molecule has 2 saturated heterocycles. The highest BCUT2D eigenvalue weighted by Gasteiger charge is 2.32. The fraction of sp³-hybridized carbons (Fsp3) is 0.364. The molecule has 0 unspecified atom stereocenters. The van der Waals surface area contributed by atoms with Gasteiger partial charge in [0.05, 0.1) is 37.4 Å². The molecule has 1 aromatic carbocycles. The van der Waals surface area contributed by atoms with E-state index in [0.29, 0.717) is 38.2 Å². The van der Waals surface area contributed by atoms with E-state index in [0.717, 1.165) is 36.0 Å². The number of nitrogens with zero attached hydrogens (tertiary/aromatic N) is 3. The van der Waals surface area contributed by atoms with Crippen LogP contribution in [0.25, 0.3) is 11.1 Å². The number of carbonyl (C=O) groups is 4. The highest BCUT2D eigenvalue weighted by atomic mass is 16.5. The predicted octanol–water partition coefficient (Wildman–Crippen LogP) is 4.10. The quantitative estimate of drug-likeness (QED) is 0.161. The highest BCUT2D eigenvalue weighted by Crippen LogP contribution is 2.37. The zero-order valence-corrected chi connectivity index (χ0v) is 24.9. The van der Waals surface area contributed by atoms with Crippen LogP contribution < -0.4 is 10.6 Å². The van der Waals surface area contributed by atoms with E-state index in [2.05, 4.69) is 10.6 Å². The molecule has 0 aromatic heterocycles. The minimum atomic E-state index is -0.791. The van der Waals surface area contributed by atoms with Gasteiger partial charge in [0.15, 0.2) is 0 Å². The molecule has 3 heterocycles. The van der Waals surface area contributed by atoms with Gasteiger partial charge >= 0.3 is 5.97 Å². The van der Waals surface area contributed by atoms with Crippen molar-refractivity contribution in [1.82, 2.24) is 15.1 Å². The number of nitrogens with one attached hydrogen (secondary N) is 2. The van der Waals surface area contributed by atoms with Crippen LogP contribution in [-0.4, -0.2) is 72.7 Å². The normalized spacial score (nSPS) is 17.5. The number of fused-ring (bicyclic) bond motifs is 1. The van der Waals surface area contributed by atoms with Gasteiger partial charge in [0.2, 0.25) is 17.6 Å². The molecule has 0 saturated carbocycles. The smallest absolute Gasteiger partial charge is 0.337 e. The Kier molecular flexibility index (Phi) is 9.29. The van der Waals surface area contributed by atoms with Crippen molar-refractivity contribution in [2.45, 2.75) is 45.1 Å². The van der Waals surface area contributed by atoms with Crippen molar-refractivity contribution in [3.63, 3.8) is 0 Å². The number of Topliss-reactive ketones (excluding diaryl/α,β-unsaturated/α-hetero) is 1. The van der Waals surface area contributed by atoms with Crippen LogP contribution in [-0.2, 0) is 14.3 Å². The summed E-state index contributed by atoms with van der Waals surface area (Å²) in [5.41, 5.74) is 3.11. The number of benzene rings is 1. The molecule has 2 N–H and O–H groups in total. The summed E-state index contributed by atoms with van der Waals surface area (Å²) < 4.78 is 10.1. The van der Waals surface area contributed by atoms with Gasteiger partial charge in [-0.2, -0.15) is 5.26 Å². The molecule has 11 heteroatoms. The number of hydrogen-bond donors (Lipinski definition) is 2. The Morgan fingerprint density at radius 2 is 1.82 bits per heavy atom. The molecule has 1 atom stereocenters. The number of methoxy groups -OCH3 is 1. The molecule has 0 bridgehead atoms. The Morgan fingerprint density at radius 1 is 1.07 bits per heavy atom. The van der Waals surface area contributed by atoms with Crippen LogP contribution in [0.2, 0.25) is 0 Å². The highest BCUT2D eigenvalue weighted by molar-refractivity contribution is 6.13. The van der Waals surface area contributed by atoms with Gasteiger partial charge in [-0.05, 0) is 68.9 Å². The van der Waals surface area contributed by atoms with Gasteiger partial charge in [0.25, 0.3) is 0 Å². The number of allylic oxidation sites excluding steroid dienone is 1. The van der Waals surface area contributed by atoms with E-state index in [9.17, 15) is 24.4 Å². The second-order valence-electron chi connectivity index (χ2n) is 11.1.